The Hall–Kier alpha value is -0.660. The lowest BCUT2D eigenvalue weighted by Crippen LogP contribution is -2.47. The van der Waals surface area contributed by atoms with Gasteiger partial charge in [-0.2, -0.15) is 8.42 Å². The molecule has 0 rings (SSSR count). The summed E-state index contributed by atoms with van der Waals surface area (Å²) in [6, 6.07) is -0.960. The molecule has 39 heavy (non-hydrogen) atoms. The molecule has 0 heterocycles. The molecule has 0 aliphatic heterocycles. The second-order valence-electron chi connectivity index (χ2n) is 11.8. The second-order valence-corrected chi connectivity index (χ2v) is 13.3. The maximum absolute atomic E-state index is 12.3. The Labute approximate surface area is 242 Å². The maximum Gasteiger partial charge on any atom is 0.266 e. The van der Waals surface area contributed by atoms with E-state index >= 15 is 0 Å². The van der Waals surface area contributed by atoms with Crippen molar-refractivity contribution in [2.75, 3.05) is 5.75 Å². The molecule has 7 heteroatoms. The maximum atomic E-state index is 12.3. The summed E-state index contributed by atoms with van der Waals surface area (Å²) in [4.78, 5) is 12.3. The predicted octanol–water partition coefficient (Wildman–Crippen LogP) is 8.90. The van der Waals surface area contributed by atoms with Crippen LogP contribution in [0.5, 0.6) is 0 Å². The molecule has 0 aromatic heterocycles. The number of carbonyl (C=O) groups is 1. The first-order valence-corrected chi connectivity index (χ1v) is 18.3. The summed E-state index contributed by atoms with van der Waals surface area (Å²) in [5.74, 6) is -0.892. The molecule has 0 bridgehead atoms. The molecule has 0 saturated heterocycles. The number of rotatable bonds is 30. The fourth-order valence-electron chi connectivity index (χ4n) is 5.28. The Kier molecular flexibility index (Phi) is 27.0. The van der Waals surface area contributed by atoms with E-state index in [0.717, 1.165) is 38.5 Å². The average Bonchev–Trinajstić information content (AvgIpc) is 2.88. The molecular formula is C32H65NO5S. The predicted molar refractivity (Wildman–Crippen MR) is 166 cm³/mol. The molecule has 0 aromatic carbocycles. The first-order valence-electron chi connectivity index (χ1n) is 16.7. The molecule has 234 valence electrons. The minimum absolute atomic E-state index is 0.249. The fourth-order valence-corrected chi connectivity index (χ4v) is 6.04. The molecule has 6 nitrogen and oxygen atoms in total. The molecule has 0 aliphatic rings. The van der Waals surface area contributed by atoms with E-state index in [1.165, 1.54) is 116 Å². The molecule has 0 spiro atoms. The van der Waals surface area contributed by atoms with Crippen LogP contribution < -0.4 is 5.32 Å². The van der Waals surface area contributed by atoms with Crippen LogP contribution in [0.15, 0.2) is 0 Å². The van der Waals surface area contributed by atoms with Crippen LogP contribution in [-0.4, -0.2) is 41.9 Å². The summed E-state index contributed by atoms with van der Waals surface area (Å²) in [6.07, 6.45) is 29.2. The van der Waals surface area contributed by atoms with Gasteiger partial charge in [0, 0.05) is 6.42 Å². The van der Waals surface area contributed by atoms with Crippen LogP contribution in [-0.2, 0) is 14.9 Å². The standard InChI is InChI=1S/C32H65NO5S/c1-3-5-7-9-11-13-14-15-16-17-18-19-20-21-23-25-27-31(34)30(29-39(36,37)38)33-32(35)28-26-24-22-12-10-8-6-4-2/h30-31,34H,3-29H2,1-2H3,(H,33,35)(H,36,37,38). The summed E-state index contributed by atoms with van der Waals surface area (Å²) >= 11 is 0. The van der Waals surface area contributed by atoms with Crippen LogP contribution >= 0.6 is 0 Å². The van der Waals surface area contributed by atoms with Gasteiger partial charge in [-0.05, 0) is 12.8 Å². The Morgan fingerprint density at radius 3 is 1.28 bits per heavy atom. The summed E-state index contributed by atoms with van der Waals surface area (Å²) < 4.78 is 32.2. The van der Waals surface area contributed by atoms with Gasteiger partial charge in [0.05, 0.1) is 17.9 Å². The third kappa shape index (κ3) is 28.7. The normalized spacial score (nSPS) is 13.4. The van der Waals surface area contributed by atoms with E-state index in [9.17, 15) is 22.9 Å². The Morgan fingerprint density at radius 1 is 0.590 bits per heavy atom. The summed E-state index contributed by atoms with van der Waals surface area (Å²) in [7, 11) is -4.29. The fraction of sp³-hybridized carbons (Fsp3) is 0.969. The van der Waals surface area contributed by atoms with Crippen LogP contribution in [0, 0.1) is 0 Å². The number of aliphatic hydroxyl groups excluding tert-OH is 1. The largest absolute Gasteiger partial charge is 0.391 e. The van der Waals surface area contributed by atoms with Crippen molar-refractivity contribution in [2.24, 2.45) is 0 Å². The Balaban J connectivity index is 3.89. The van der Waals surface area contributed by atoms with Gasteiger partial charge in [-0.1, -0.05) is 162 Å². The zero-order chi connectivity index (χ0) is 29.0. The van der Waals surface area contributed by atoms with Gasteiger partial charge in [0.1, 0.15) is 0 Å². The topological polar surface area (TPSA) is 104 Å². The van der Waals surface area contributed by atoms with Gasteiger partial charge in [-0.15, -0.1) is 0 Å². The molecule has 2 unspecified atom stereocenters. The van der Waals surface area contributed by atoms with Crippen LogP contribution in [0.3, 0.4) is 0 Å². The van der Waals surface area contributed by atoms with Gasteiger partial charge < -0.3 is 10.4 Å². The summed E-state index contributed by atoms with van der Waals surface area (Å²) in [5.41, 5.74) is 0. The summed E-state index contributed by atoms with van der Waals surface area (Å²) in [6.45, 7) is 4.46. The third-order valence-electron chi connectivity index (χ3n) is 7.81. The van der Waals surface area contributed by atoms with E-state index in [-0.39, 0.29) is 5.91 Å². The number of hydrogen-bond acceptors (Lipinski definition) is 4. The zero-order valence-corrected chi connectivity index (χ0v) is 26.6. The molecule has 0 aliphatic carbocycles. The van der Waals surface area contributed by atoms with Gasteiger partial charge >= 0.3 is 0 Å². The van der Waals surface area contributed by atoms with Crippen LogP contribution in [0.2, 0.25) is 0 Å². The molecule has 3 N–H and O–H groups in total. The average molecular weight is 576 g/mol. The highest BCUT2D eigenvalue weighted by Gasteiger charge is 2.26. The van der Waals surface area contributed by atoms with E-state index in [1.54, 1.807) is 0 Å². The highest BCUT2D eigenvalue weighted by Crippen LogP contribution is 2.16. The van der Waals surface area contributed by atoms with Gasteiger partial charge in [0.25, 0.3) is 10.1 Å². The van der Waals surface area contributed by atoms with Gasteiger partial charge in [-0.25, -0.2) is 0 Å². The number of amides is 1. The zero-order valence-electron chi connectivity index (χ0n) is 25.8. The quantitative estimate of drug-likeness (QED) is 0.0586. The number of hydrogen-bond donors (Lipinski definition) is 3. The smallest absolute Gasteiger partial charge is 0.266 e. The molecular weight excluding hydrogens is 510 g/mol. The Morgan fingerprint density at radius 2 is 0.923 bits per heavy atom. The minimum Gasteiger partial charge on any atom is -0.391 e. The van der Waals surface area contributed by atoms with Crippen molar-refractivity contribution in [3.63, 3.8) is 0 Å². The van der Waals surface area contributed by atoms with E-state index in [4.69, 9.17) is 0 Å². The number of aliphatic hydroxyl groups is 1. The minimum atomic E-state index is -4.29. The molecule has 0 saturated carbocycles. The van der Waals surface area contributed by atoms with Crippen molar-refractivity contribution in [1.29, 1.82) is 0 Å². The monoisotopic (exact) mass is 575 g/mol. The van der Waals surface area contributed by atoms with Crippen molar-refractivity contribution >= 4 is 16.0 Å². The van der Waals surface area contributed by atoms with E-state index in [2.05, 4.69) is 19.2 Å². The number of nitrogens with one attached hydrogen (secondary N) is 1. The van der Waals surface area contributed by atoms with Crippen molar-refractivity contribution in [1.82, 2.24) is 5.32 Å². The van der Waals surface area contributed by atoms with Crippen LogP contribution in [0.25, 0.3) is 0 Å². The van der Waals surface area contributed by atoms with Gasteiger partial charge in [0.15, 0.2) is 0 Å². The molecule has 0 fully saturated rings. The molecule has 2 atom stereocenters. The molecule has 0 aromatic rings. The molecule has 0 radical (unpaired) electrons. The van der Waals surface area contributed by atoms with Crippen molar-refractivity contribution in [3.8, 4) is 0 Å². The Bertz CT molecular complexity index is 640. The first kappa shape index (κ1) is 38.3. The van der Waals surface area contributed by atoms with E-state index in [0.29, 0.717) is 12.8 Å². The number of carbonyl (C=O) groups excluding carboxylic acids is 1. The lowest BCUT2D eigenvalue weighted by molar-refractivity contribution is -0.122. The van der Waals surface area contributed by atoms with Crippen molar-refractivity contribution < 1.29 is 22.9 Å². The van der Waals surface area contributed by atoms with Crippen LogP contribution in [0.4, 0.5) is 0 Å². The highest BCUT2D eigenvalue weighted by molar-refractivity contribution is 7.85. The van der Waals surface area contributed by atoms with Crippen LogP contribution in [0.1, 0.15) is 181 Å². The van der Waals surface area contributed by atoms with Gasteiger partial charge in [0.2, 0.25) is 5.91 Å². The lowest BCUT2D eigenvalue weighted by Gasteiger charge is -2.23. The van der Waals surface area contributed by atoms with Crippen molar-refractivity contribution in [3.05, 3.63) is 0 Å². The van der Waals surface area contributed by atoms with E-state index in [1.807, 2.05) is 0 Å². The van der Waals surface area contributed by atoms with Crippen molar-refractivity contribution in [2.45, 2.75) is 193 Å². The second kappa shape index (κ2) is 27.5. The number of unbranched alkanes of at least 4 members (excludes halogenated alkanes) is 22. The summed E-state index contributed by atoms with van der Waals surface area (Å²) in [5, 5.41) is 13.2. The van der Waals surface area contributed by atoms with E-state index < -0.39 is 28.0 Å². The van der Waals surface area contributed by atoms with Gasteiger partial charge in [-0.3, -0.25) is 9.35 Å². The highest BCUT2D eigenvalue weighted by atomic mass is 32.2. The first-order chi connectivity index (χ1) is 18.8. The SMILES string of the molecule is CCCCCCCCCCCCCCCCCCC(O)C(CS(=O)(=O)O)NC(=O)CCCCCCCCCC. The molecule has 1 amide bonds. The third-order valence-corrected chi connectivity index (χ3v) is 8.59. The lowest BCUT2D eigenvalue weighted by atomic mass is 10.0.